The van der Waals surface area contributed by atoms with Gasteiger partial charge in [0.25, 0.3) is 5.19 Å². The van der Waals surface area contributed by atoms with Crippen LogP contribution in [0.15, 0.2) is 0 Å². The number of hydrogen-bond acceptors (Lipinski definition) is 6. The molecule has 0 saturated heterocycles. The summed E-state index contributed by atoms with van der Waals surface area (Å²) in [5.74, 6) is 0. The molecule has 6 nitrogen and oxygen atoms in total. The Labute approximate surface area is 104 Å². The number of nitrogens with zero attached hydrogens (tertiary/aromatic N) is 4. The van der Waals surface area contributed by atoms with Crippen molar-refractivity contribution in [3.63, 3.8) is 0 Å². The van der Waals surface area contributed by atoms with Gasteiger partial charge in [0.05, 0.1) is 12.8 Å². The Morgan fingerprint density at radius 1 is 1.35 bits per heavy atom. The number of aromatic nitrogens is 4. The highest BCUT2D eigenvalue weighted by molar-refractivity contribution is 7.16. The maximum atomic E-state index is 4.99. The van der Waals surface area contributed by atoms with E-state index in [2.05, 4.69) is 27.5 Å². The molecule has 0 radical (unpaired) electrons. The highest BCUT2D eigenvalue weighted by Crippen LogP contribution is 2.22. The SMILES string of the molecule is COc1nnc(NCc2c(C)nn(C)c2C)s1. The van der Waals surface area contributed by atoms with Crippen molar-refractivity contribution in [3.05, 3.63) is 17.0 Å². The minimum Gasteiger partial charge on any atom is -0.472 e. The van der Waals surface area contributed by atoms with E-state index in [0.29, 0.717) is 11.7 Å². The van der Waals surface area contributed by atoms with E-state index in [9.17, 15) is 0 Å². The van der Waals surface area contributed by atoms with Gasteiger partial charge in [-0.1, -0.05) is 5.10 Å². The normalized spacial score (nSPS) is 10.6. The Balaban J connectivity index is 2.07. The Kier molecular flexibility index (Phi) is 3.28. The highest BCUT2D eigenvalue weighted by Gasteiger charge is 2.10. The molecule has 0 bridgehead atoms. The van der Waals surface area contributed by atoms with Gasteiger partial charge in [0, 0.05) is 24.8 Å². The van der Waals surface area contributed by atoms with Gasteiger partial charge in [0.15, 0.2) is 0 Å². The lowest BCUT2D eigenvalue weighted by atomic mass is 10.2. The lowest BCUT2D eigenvalue weighted by molar-refractivity contribution is 0.407. The fourth-order valence-corrected chi connectivity index (χ4v) is 2.16. The molecule has 0 saturated carbocycles. The average molecular weight is 253 g/mol. The molecule has 0 aliphatic carbocycles. The lowest BCUT2D eigenvalue weighted by Crippen LogP contribution is -2.02. The molecule has 17 heavy (non-hydrogen) atoms. The Bertz CT molecular complexity index is 519. The summed E-state index contributed by atoms with van der Waals surface area (Å²) in [6, 6.07) is 0. The van der Waals surface area contributed by atoms with Gasteiger partial charge in [0.1, 0.15) is 0 Å². The summed E-state index contributed by atoms with van der Waals surface area (Å²) in [5.41, 5.74) is 3.39. The molecular formula is C10H15N5OS. The maximum absolute atomic E-state index is 4.99. The largest absolute Gasteiger partial charge is 0.472 e. The summed E-state index contributed by atoms with van der Waals surface area (Å²) < 4.78 is 6.87. The van der Waals surface area contributed by atoms with Crippen LogP contribution in [-0.4, -0.2) is 27.1 Å². The summed E-state index contributed by atoms with van der Waals surface area (Å²) >= 11 is 1.39. The first-order valence-corrected chi connectivity index (χ1v) is 6.04. The maximum Gasteiger partial charge on any atom is 0.295 e. The van der Waals surface area contributed by atoms with Crippen molar-refractivity contribution in [2.24, 2.45) is 7.05 Å². The van der Waals surface area contributed by atoms with Crippen LogP contribution in [-0.2, 0) is 13.6 Å². The van der Waals surface area contributed by atoms with Crippen molar-refractivity contribution < 1.29 is 4.74 Å². The van der Waals surface area contributed by atoms with Crippen LogP contribution < -0.4 is 10.1 Å². The summed E-state index contributed by atoms with van der Waals surface area (Å²) in [6.45, 7) is 4.76. The molecule has 0 atom stereocenters. The van der Waals surface area contributed by atoms with Gasteiger partial charge < -0.3 is 10.1 Å². The summed E-state index contributed by atoms with van der Waals surface area (Å²) in [7, 11) is 3.53. The first kappa shape index (κ1) is 11.8. The predicted molar refractivity (Wildman–Crippen MR) is 66.5 cm³/mol. The van der Waals surface area contributed by atoms with Crippen LogP contribution in [0.5, 0.6) is 5.19 Å². The molecule has 0 amide bonds. The Hall–Kier alpha value is -1.63. The molecule has 92 valence electrons. The van der Waals surface area contributed by atoms with Gasteiger partial charge in [-0.3, -0.25) is 4.68 Å². The minimum absolute atomic E-state index is 0.562. The first-order valence-electron chi connectivity index (χ1n) is 5.22. The molecule has 2 heterocycles. The second-order valence-electron chi connectivity index (χ2n) is 3.70. The third kappa shape index (κ3) is 2.38. The average Bonchev–Trinajstić information content (AvgIpc) is 2.84. The van der Waals surface area contributed by atoms with E-state index in [4.69, 9.17) is 4.74 Å². The quantitative estimate of drug-likeness (QED) is 0.894. The van der Waals surface area contributed by atoms with Gasteiger partial charge >= 0.3 is 0 Å². The highest BCUT2D eigenvalue weighted by atomic mass is 32.1. The van der Waals surface area contributed by atoms with Crippen molar-refractivity contribution in [1.29, 1.82) is 0 Å². The predicted octanol–water partition coefficient (Wildman–Crippen LogP) is 1.51. The van der Waals surface area contributed by atoms with Crippen LogP contribution >= 0.6 is 11.3 Å². The van der Waals surface area contributed by atoms with Gasteiger partial charge in [-0.05, 0) is 25.2 Å². The van der Waals surface area contributed by atoms with Crippen molar-refractivity contribution in [1.82, 2.24) is 20.0 Å². The topological polar surface area (TPSA) is 64.9 Å². The van der Waals surface area contributed by atoms with Crippen LogP contribution in [0.25, 0.3) is 0 Å². The van der Waals surface area contributed by atoms with Crippen LogP contribution in [0.2, 0.25) is 0 Å². The van der Waals surface area contributed by atoms with Crippen LogP contribution in [0.1, 0.15) is 17.0 Å². The van der Waals surface area contributed by atoms with Crippen LogP contribution in [0, 0.1) is 13.8 Å². The summed E-state index contributed by atoms with van der Waals surface area (Å²) in [5, 5.41) is 16.7. The van der Waals surface area contributed by atoms with E-state index >= 15 is 0 Å². The number of hydrogen-bond donors (Lipinski definition) is 1. The van der Waals surface area contributed by atoms with Crippen LogP contribution in [0.3, 0.4) is 0 Å². The molecule has 0 aliphatic heterocycles. The number of methoxy groups -OCH3 is 1. The van der Waals surface area contributed by atoms with E-state index < -0.39 is 0 Å². The van der Waals surface area contributed by atoms with E-state index in [1.54, 1.807) is 7.11 Å². The van der Waals surface area contributed by atoms with Gasteiger partial charge in [-0.2, -0.15) is 5.10 Å². The van der Waals surface area contributed by atoms with Crippen molar-refractivity contribution in [2.45, 2.75) is 20.4 Å². The number of ether oxygens (including phenoxy) is 1. The van der Waals surface area contributed by atoms with E-state index in [1.807, 2.05) is 18.7 Å². The molecule has 2 rings (SSSR count). The number of anilines is 1. The Morgan fingerprint density at radius 2 is 2.12 bits per heavy atom. The molecule has 0 unspecified atom stereocenters. The molecule has 1 N–H and O–H groups in total. The molecule has 0 aliphatic rings. The van der Waals surface area contributed by atoms with Crippen molar-refractivity contribution in [2.75, 3.05) is 12.4 Å². The monoisotopic (exact) mass is 253 g/mol. The molecule has 2 aromatic rings. The molecule has 7 heteroatoms. The summed E-state index contributed by atoms with van der Waals surface area (Å²) in [6.07, 6.45) is 0. The zero-order valence-corrected chi connectivity index (χ0v) is 11.1. The van der Waals surface area contributed by atoms with Gasteiger partial charge in [-0.15, -0.1) is 5.10 Å². The fourth-order valence-electron chi connectivity index (χ4n) is 1.60. The number of nitrogens with one attached hydrogen (secondary N) is 1. The second kappa shape index (κ2) is 4.70. The zero-order valence-electron chi connectivity index (χ0n) is 10.3. The molecule has 0 fully saturated rings. The third-order valence-corrected chi connectivity index (χ3v) is 3.50. The molecule has 2 aromatic heterocycles. The van der Waals surface area contributed by atoms with Crippen molar-refractivity contribution in [3.8, 4) is 5.19 Å². The molecule has 0 spiro atoms. The van der Waals surface area contributed by atoms with E-state index in [1.165, 1.54) is 16.9 Å². The Morgan fingerprint density at radius 3 is 2.65 bits per heavy atom. The zero-order chi connectivity index (χ0) is 12.4. The van der Waals surface area contributed by atoms with E-state index in [-0.39, 0.29) is 0 Å². The minimum atomic E-state index is 0.562. The van der Waals surface area contributed by atoms with Crippen molar-refractivity contribution >= 4 is 16.5 Å². The number of aryl methyl sites for hydroxylation is 2. The first-order chi connectivity index (χ1) is 8.11. The molecular weight excluding hydrogens is 238 g/mol. The van der Waals surface area contributed by atoms with Crippen LogP contribution in [0.4, 0.5) is 5.13 Å². The van der Waals surface area contributed by atoms with Gasteiger partial charge in [0.2, 0.25) is 5.13 Å². The number of rotatable bonds is 4. The lowest BCUT2D eigenvalue weighted by Gasteiger charge is -2.02. The smallest absolute Gasteiger partial charge is 0.295 e. The third-order valence-electron chi connectivity index (χ3n) is 2.66. The van der Waals surface area contributed by atoms with Gasteiger partial charge in [-0.25, -0.2) is 0 Å². The van der Waals surface area contributed by atoms with E-state index in [0.717, 1.165) is 16.5 Å². The molecule has 0 aromatic carbocycles. The standard InChI is InChI=1S/C10H15N5OS/c1-6-8(7(2)15(3)14-6)5-11-9-12-13-10(16-4)17-9/h5H2,1-4H3,(H,11,12). The fraction of sp³-hybridized carbons (Fsp3) is 0.500. The second-order valence-corrected chi connectivity index (χ2v) is 4.64. The summed E-state index contributed by atoms with van der Waals surface area (Å²) in [4.78, 5) is 0.